The molecule has 0 aliphatic heterocycles. The van der Waals surface area contributed by atoms with Gasteiger partial charge in [0.05, 0.1) is 10.7 Å². The van der Waals surface area contributed by atoms with Gasteiger partial charge in [-0.2, -0.15) is 22.0 Å². The van der Waals surface area contributed by atoms with E-state index >= 15 is 0 Å². The van der Waals surface area contributed by atoms with Crippen molar-refractivity contribution in [2.45, 2.75) is 12.1 Å². The van der Waals surface area contributed by atoms with Gasteiger partial charge in [0.25, 0.3) is 0 Å². The highest BCUT2D eigenvalue weighted by molar-refractivity contribution is 6.33. The molecule has 1 rings (SSSR count). The Morgan fingerprint density at radius 1 is 1.11 bits per heavy atom. The predicted molar refractivity (Wildman–Crippen MR) is 51.0 cm³/mol. The van der Waals surface area contributed by atoms with Crippen molar-refractivity contribution >= 4 is 23.2 Å². The quantitative estimate of drug-likeness (QED) is 0.828. The van der Waals surface area contributed by atoms with E-state index in [2.05, 4.69) is 0 Å². The Balaban J connectivity index is 3.08. The second-order valence-corrected chi connectivity index (χ2v) is 3.68. The summed E-state index contributed by atoms with van der Waals surface area (Å²) in [6.45, 7) is 0. The minimum atomic E-state index is -6.15. The summed E-state index contributed by atoms with van der Waals surface area (Å²) in [5.41, 5.74) is -1.17. The van der Waals surface area contributed by atoms with Crippen molar-refractivity contribution in [3.63, 3.8) is 0 Å². The molecule has 0 aliphatic carbocycles. The molecule has 1 aromatic rings. The lowest BCUT2D eigenvalue weighted by Crippen LogP contribution is -2.47. The van der Waals surface area contributed by atoms with Crippen molar-refractivity contribution in [2.24, 2.45) is 0 Å². The van der Waals surface area contributed by atoms with Crippen molar-refractivity contribution in [2.75, 3.05) is 5.32 Å². The third-order valence-electron chi connectivity index (χ3n) is 1.89. The van der Waals surface area contributed by atoms with Crippen LogP contribution >= 0.6 is 11.6 Å². The van der Waals surface area contributed by atoms with Gasteiger partial charge in [0.1, 0.15) is 5.82 Å². The van der Waals surface area contributed by atoms with Crippen LogP contribution in [0.5, 0.6) is 0 Å². The first-order chi connectivity index (χ1) is 8.46. The molecule has 0 aromatic heterocycles. The van der Waals surface area contributed by atoms with Crippen LogP contribution in [0.3, 0.4) is 0 Å². The molecular formula is C9H3ClF7NO. The molecule has 0 spiro atoms. The van der Waals surface area contributed by atoms with Crippen LogP contribution in [0.25, 0.3) is 0 Å². The summed E-state index contributed by atoms with van der Waals surface area (Å²) in [4.78, 5) is 10.8. The van der Waals surface area contributed by atoms with Crippen molar-refractivity contribution in [1.29, 1.82) is 0 Å². The number of alkyl halides is 5. The van der Waals surface area contributed by atoms with Crippen LogP contribution < -0.4 is 5.32 Å². The molecule has 0 radical (unpaired) electrons. The number of hydrogen-bond donors (Lipinski definition) is 1. The number of amides is 1. The van der Waals surface area contributed by atoms with Crippen LogP contribution in [-0.2, 0) is 4.79 Å². The fourth-order valence-corrected chi connectivity index (χ4v) is 1.22. The maximum absolute atomic E-state index is 13.1. The maximum Gasteiger partial charge on any atom is 0.463 e. The molecule has 106 valence electrons. The Morgan fingerprint density at radius 3 is 2.05 bits per heavy atom. The standard InChI is InChI=1S/C9H3ClF7NO/c10-4-1-3(11)2-5(12)6(4)18-7(19)8(13,14)9(15,16)17/h1-2H,(H,18,19). The fourth-order valence-electron chi connectivity index (χ4n) is 0.982. The third-order valence-corrected chi connectivity index (χ3v) is 2.18. The lowest BCUT2D eigenvalue weighted by Gasteiger charge is -2.19. The number of halogens is 8. The monoisotopic (exact) mass is 309 g/mol. The Kier molecular flexibility index (Phi) is 3.99. The zero-order chi connectivity index (χ0) is 15.0. The number of nitrogens with one attached hydrogen (secondary N) is 1. The SMILES string of the molecule is O=C(Nc1c(F)cc(F)cc1Cl)C(F)(F)C(F)(F)F. The smallest absolute Gasteiger partial charge is 0.317 e. The van der Waals surface area contributed by atoms with Gasteiger partial charge in [-0.3, -0.25) is 4.79 Å². The second-order valence-electron chi connectivity index (χ2n) is 3.27. The minimum absolute atomic E-state index is 0.160. The number of benzene rings is 1. The minimum Gasteiger partial charge on any atom is -0.317 e. The lowest BCUT2D eigenvalue weighted by molar-refractivity contribution is -0.267. The summed E-state index contributed by atoms with van der Waals surface area (Å²) in [5, 5.41) is 0.112. The molecule has 1 amide bonds. The summed E-state index contributed by atoms with van der Waals surface area (Å²) < 4.78 is 86.4. The molecule has 1 aromatic carbocycles. The molecule has 0 bridgehead atoms. The number of hydrogen-bond acceptors (Lipinski definition) is 1. The first-order valence-electron chi connectivity index (χ1n) is 4.37. The summed E-state index contributed by atoms with van der Waals surface area (Å²) in [6.07, 6.45) is -6.15. The molecule has 0 saturated heterocycles. The van der Waals surface area contributed by atoms with Gasteiger partial charge in [-0.15, -0.1) is 0 Å². The van der Waals surface area contributed by atoms with Gasteiger partial charge in [0.15, 0.2) is 5.82 Å². The maximum atomic E-state index is 13.1. The average molecular weight is 310 g/mol. The molecule has 0 aliphatic rings. The van der Waals surface area contributed by atoms with Crippen LogP contribution in [0.1, 0.15) is 0 Å². The van der Waals surface area contributed by atoms with Crippen LogP contribution in [0.15, 0.2) is 12.1 Å². The number of anilines is 1. The second kappa shape index (κ2) is 4.87. The van der Waals surface area contributed by atoms with E-state index < -0.39 is 40.4 Å². The summed E-state index contributed by atoms with van der Waals surface area (Å²) >= 11 is 5.22. The largest absolute Gasteiger partial charge is 0.463 e. The Labute approximate surface area is 106 Å². The summed E-state index contributed by atoms with van der Waals surface area (Å²) in [6, 6.07) is 0.596. The highest BCUT2D eigenvalue weighted by Crippen LogP contribution is 2.37. The topological polar surface area (TPSA) is 29.1 Å². The first kappa shape index (κ1) is 15.5. The fraction of sp³-hybridized carbons (Fsp3) is 0.222. The molecule has 0 fully saturated rings. The Hall–Kier alpha value is -1.51. The molecule has 0 saturated carbocycles. The highest BCUT2D eigenvalue weighted by atomic mass is 35.5. The molecular weight excluding hydrogens is 307 g/mol. The molecule has 2 nitrogen and oxygen atoms in total. The van der Waals surface area contributed by atoms with Gasteiger partial charge in [-0.05, 0) is 6.07 Å². The van der Waals surface area contributed by atoms with Gasteiger partial charge >= 0.3 is 18.0 Å². The van der Waals surface area contributed by atoms with Gasteiger partial charge in [-0.25, -0.2) is 8.78 Å². The van der Waals surface area contributed by atoms with Gasteiger partial charge in [0, 0.05) is 6.07 Å². The summed E-state index contributed by atoms with van der Waals surface area (Å²) in [5.74, 6) is -11.3. The van der Waals surface area contributed by atoms with E-state index in [4.69, 9.17) is 11.6 Å². The molecule has 0 unspecified atom stereocenters. The van der Waals surface area contributed by atoms with E-state index in [0.717, 1.165) is 5.32 Å². The lowest BCUT2D eigenvalue weighted by atomic mass is 10.2. The molecule has 1 N–H and O–H groups in total. The molecule has 10 heteroatoms. The van der Waals surface area contributed by atoms with Gasteiger partial charge in [0.2, 0.25) is 0 Å². The van der Waals surface area contributed by atoms with E-state index in [-0.39, 0.29) is 6.07 Å². The van der Waals surface area contributed by atoms with Crippen LogP contribution in [0.2, 0.25) is 5.02 Å². The predicted octanol–water partition coefficient (Wildman–Crippen LogP) is 3.75. The van der Waals surface area contributed by atoms with E-state index in [1.807, 2.05) is 0 Å². The number of carbonyl (C=O) groups is 1. The molecule has 19 heavy (non-hydrogen) atoms. The number of carbonyl (C=O) groups excluding carboxylic acids is 1. The summed E-state index contributed by atoms with van der Waals surface area (Å²) in [7, 11) is 0. The van der Waals surface area contributed by atoms with Crippen molar-refractivity contribution in [3.8, 4) is 0 Å². The van der Waals surface area contributed by atoms with Crippen molar-refractivity contribution < 1.29 is 35.5 Å². The molecule has 0 heterocycles. The number of rotatable bonds is 2. The van der Waals surface area contributed by atoms with Crippen molar-refractivity contribution in [1.82, 2.24) is 0 Å². The average Bonchev–Trinajstić information content (AvgIpc) is 2.21. The van der Waals surface area contributed by atoms with E-state index in [1.165, 1.54) is 0 Å². The normalized spacial score (nSPS) is 12.4. The Bertz CT molecular complexity index is 491. The van der Waals surface area contributed by atoms with E-state index in [1.54, 1.807) is 0 Å². The zero-order valence-corrected chi connectivity index (χ0v) is 9.34. The Morgan fingerprint density at radius 2 is 1.63 bits per heavy atom. The van der Waals surface area contributed by atoms with Crippen LogP contribution in [-0.4, -0.2) is 18.0 Å². The zero-order valence-electron chi connectivity index (χ0n) is 8.59. The van der Waals surface area contributed by atoms with E-state index in [0.29, 0.717) is 6.07 Å². The molecule has 0 atom stereocenters. The van der Waals surface area contributed by atoms with Crippen LogP contribution in [0, 0.1) is 11.6 Å². The third kappa shape index (κ3) is 3.09. The van der Waals surface area contributed by atoms with Gasteiger partial charge < -0.3 is 5.32 Å². The van der Waals surface area contributed by atoms with Crippen molar-refractivity contribution in [3.05, 3.63) is 28.8 Å². The van der Waals surface area contributed by atoms with E-state index in [9.17, 15) is 35.5 Å². The highest BCUT2D eigenvalue weighted by Gasteiger charge is 2.63. The van der Waals surface area contributed by atoms with Gasteiger partial charge in [-0.1, -0.05) is 11.6 Å². The first-order valence-corrected chi connectivity index (χ1v) is 4.75. The van der Waals surface area contributed by atoms with Crippen LogP contribution in [0.4, 0.5) is 36.4 Å².